The number of hydrogen-bond acceptors (Lipinski definition) is 3. The molecule has 0 saturated carbocycles. The highest BCUT2D eigenvalue weighted by Crippen LogP contribution is 2.19. The van der Waals surface area contributed by atoms with E-state index in [1.807, 2.05) is 31.2 Å². The van der Waals surface area contributed by atoms with E-state index in [4.69, 9.17) is 10.5 Å². The van der Waals surface area contributed by atoms with E-state index in [1.165, 1.54) is 0 Å². The fourth-order valence-electron chi connectivity index (χ4n) is 2.62. The van der Waals surface area contributed by atoms with Crippen molar-refractivity contribution in [3.05, 3.63) is 29.8 Å². The van der Waals surface area contributed by atoms with Crippen molar-refractivity contribution in [2.24, 2.45) is 11.7 Å². The maximum Gasteiger partial charge on any atom is 0.312 e. The standard InChI is InChI=1S/C16H23N3O3/c1-12-4-2-6-14(8-12)22-11-13-5-3-7-19(10-13)15(20)9-18-16(17)21/h2,4,6,8,13H,3,5,7,9-11H2,1H3,(H3,17,18,21)/t13-/m0/s1. The van der Waals surface area contributed by atoms with Gasteiger partial charge in [-0.05, 0) is 37.5 Å². The second kappa shape index (κ2) is 7.68. The average molecular weight is 305 g/mol. The molecule has 3 N–H and O–H groups in total. The highest BCUT2D eigenvalue weighted by Gasteiger charge is 2.24. The predicted molar refractivity (Wildman–Crippen MR) is 83.6 cm³/mol. The fourth-order valence-corrected chi connectivity index (χ4v) is 2.62. The van der Waals surface area contributed by atoms with E-state index >= 15 is 0 Å². The molecule has 1 heterocycles. The van der Waals surface area contributed by atoms with Crippen LogP contribution < -0.4 is 15.8 Å². The molecule has 1 saturated heterocycles. The van der Waals surface area contributed by atoms with Crippen LogP contribution in [0.4, 0.5) is 4.79 Å². The Kier molecular flexibility index (Phi) is 5.63. The van der Waals surface area contributed by atoms with Crippen molar-refractivity contribution in [2.75, 3.05) is 26.2 Å². The molecule has 1 aromatic carbocycles. The molecule has 22 heavy (non-hydrogen) atoms. The molecule has 0 spiro atoms. The Hall–Kier alpha value is -2.24. The number of ether oxygens (including phenoxy) is 1. The lowest BCUT2D eigenvalue weighted by Gasteiger charge is -2.32. The van der Waals surface area contributed by atoms with E-state index in [-0.39, 0.29) is 12.5 Å². The van der Waals surface area contributed by atoms with E-state index in [0.29, 0.717) is 19.1 Å². The molecule has 6 nitrogen and oxygen atoms in total. The Morgan fingerprint density at radius 3 is 3.00 bits per heavy atom. The van der Waals surface area contributed by atoms with Gasteiger partial charge in [0.2, 0.25) is 5.91 Å². The number of nitrogens with zero attached hydrogens (tertiary/aromatic N) is 1. The SMILES string of the molecule is Cc1cccc(OC[C@H]2CCCN(C(=O)CNC(N)=O)C2)c1. The van der Waals surface area contributed by atoms with Crippen LogP contribution in [0.1, 0.15) is 18.4 Å². The van der Waals surface area contributed by atoms with Gasteiger partial charge in [0.25, 0.3) is 0 Å². The molecule has 0 aromatic heterocycles. The third kappa shape index (κ3) is 4.95. The van der Waals surface area contributed by atoms with Crippen molar-refractivity contribution in [1.82, 2.24) is 10.2 Å². The van der Waals surface area contributed by atoms with E-state index in [1.54, 1.807) is 4.90 Å². The van der Waals surface area contributed by atoms with E-state index in [9.17, 15) is 9.59 Å². The first-order valence-corrected chi connectivity index (χ1v) is 7.55. The first kappa shape index (κ1) is 16.1. The van der Waals surface area contributed by atoms with Crippen LogP contribution >= 0.6 is 0 Å². The predicted octanol–water partition coefficient (Wildman–Crippen LogP) is 1.28. The highest BCUT2D eigenvalue weighted by molar-refractivity contribution is 5.83. The largest absolute Gasteiger partial charge is 0.493 e. The van der Waals surface area contributed by atoms with E-state index < -0.39 is 6.03 Å². The third-order valence-electron chi connectivity index (χ3n) is 3.76. The second-order valence-electron chi connectivity index (χ2n) is 5.69. The van der Waals surface area contributed by atoms with Gasteiger partial charge in [-0.2, -0.15) is 0 Å². The molecule has 3 amide bonds. The van der Waals surface area contributed by atoms with Crippen molar-refractivity contribution in [2.45, 2.75) is 19.8 Å². The summed E-state index contributed by atoms with van der Waals surface area (Å²) in [5, 5.41) is 2.34. The van der Waals surface area contributed by atoms with Gasteiger partial charge in [-0.25, -0.2) is 4.79 Å². The van der Waals surface area contributed by atoms with Crippen molar-refractivity contribution >= 4 is 11.9 Å². The summed E-state index contributed by atoms with van der Waals surface area (Å²) in [5.41, 5.74) is 6.14. The summed E-state index contributed by atoms with van der Waals surface area (Å²) >= 11 is 0. The van der Waals surface area contributed by atoms with Crippen molar-refractivity contribution < 1.29 is 14.3 Å². The number of carbonyl (C=O) groups is 2. The van der Waals surface area contributed by atoms with Crippen LogP contribution in [0, 0.1) is 12.8 Å². The van der Waals surface area contributed by atoms with Crippen molar-refractivity contribution in [3.63, 3.8) is 0 Å². The number of urea groups is 1. The molecule has 6 heteroatoms. The quantitative estimate of drug-likeness (QED) is 0.859. The molecule has 1 atom stereocenters. The Balaban J connectivity index is 1.80. The topological polar surface area (TPSA) is 84.7 Å². The van der Waals surface area contributed by atoms with Crippen molar-refractivity contribution in [3.8, 4) is 5.75 Å². The number of piperidine rings is 1. The number of rotatable bonds is 5. The number of hydrogen-bond donors (Lipinski definition) is 2. The minimum atomic E-state index is -0.676. The Bertz CT molecular complexity index is 533. The lowest BCUT2D eigenvalue weighted by atomic mass is 9.99. The number of nitrogens with two attached hydrogens (primary N) is 1. The number of benzene rings is 1. The minimum Gasteiger partial charge on any atom is -0.493 e. The number of carbonyl (C=O) groups excluding carboxylic acids is 2. The summed E-state index contributed by atoms with van der Waals surface area (Å²) in [6, 6.07) is 7.26. The van der Waals surface area contributed by atoms with Crippen LogP contribution in [-0.4, -0.2) is 43.1 Å². The van der Waals surface area contributed by atoms with Gasteiger partial charge in [-0.1, -0.05) is 12.1 Å². The molecule has 0 radical (unpaired) electrons. The Labute approximate surface area is 130 Å². The highest BCUT2D eigenvalue weighted by atomic mass is 16.5. The van der Waals surface area contributed by atoms with Crippen LogP contribution in [0.15, 0.2) is 24.3 Å². The van der Waals surface area contributed by atoms with Gasteiger partial charge >= 0.3 is 6.03 Å². The van der Waals surface area contributed by atoms with Crippen LogP contribution in [0.3, 0.4) is 0 Å². The van der Waals surface area contributed by atoms with E-state index in [0.717, 1.165) is 30.7 Å². The number of aryl methyl sites for hydroxylation is 1. The molecule has 1 fully saturated rings. The number of likely N-dealkylation sites (tertiary alicyclic amines) is 1. The van der Waals surface area contributed by atoms with Gasteiger partial charge in [0.1, 0.15) is 5.75 Å². The molecule has 0 unspecified atom stereocenters. The van der Waals surface area contributed by atoms with Gasteiger partial charge < -0.3 is 20.7 Å². The first-order chi connectivity index (χ1) is 10.5. The maximum atomic E-state index is 12.0. The summed E-state index contributed by atoms with van der Waals surface area (Å²) < 4.78 is 5.82. The monoisotopic (exact) mass is 305 g/mol. The van der Waals surface area contributed by atoms with Crippen LogP contribution in [0.25, 0.3) is 0 Å². The zero-order chi connectivity index (χ0) is 15.9. The lowest BCUT2D eigenvalue weighted by molar-refractivity contribution is -0.132. The number of nitrogens with one attached hydrogen (secondary N) is 1. The molecular weight excluding hydrogens is 282 g/mol. The second-order valence-corrected chi connectivity index (χ2v) is 5.69. The molecule has 1 aromatic rings. The van der Waals surface area contributed by atoms with Gasteiger partial charge in [0, 0.05) is 19.0 Å². The van der Waals surface area contributed by atoms with Gasteiger partial charge in [0.15, 0.2) is 0 Å². The van der Waals surface area contributed by atoms with Crippen molar-refractivity contribution in [1.29, 1.82) is 0 Å². The molecule has 1 aliphatic heterocycles. The fraction of sp³-hybridized carbons (Fsp3) is 0.500. The third-order valence-corrected chi connectivity index (χ3v) is 3.76. The van der Waals surface area contributed by atoms with Gasteiger partial charge in [0.05, 0.1) is 13.2 Å². The average Bonchev–Trinajstić information content (AvgIpc) is 2.51. The van der Waals surface area contributed by atoms with Crippen LogP contribution in [0.2, 0.25) is 0 Å². The molecule has 0 bridgehead atoms. The lowest BCUT2D eigenvalue weighted by Crippen LogP contribution is -2.46. The molecule has 1 aliphatic rings. The Morgan fingerprint density at radius 1 is 1.45 bits per heavy atom. The van der Waals surface area contributed by atoms with Gasteiger partial charge in [-0.15, -0.1) is 0 Å². The maximum absolute atomic E-state index is 12.0. The smallest absolute Gasteiger partial charge is 0.312 e. The summed E-state index contributed by atoms with van der Waals surface area (Å²) in [6.45, 7) is 3.96. The van der Waals surface area contributed by atoms with Crippen LogP contribution in [-0.2, 0) is 4.79 Å². The first-order valence-electron chi connectivity index (χ1n) is 7.55. The summed E-state index contributed by atoms with van der Waals surface area (Å²) in [7, 11) is 0. The normalized spacial score (nSPS) is 17.9. The molecule has 120 valence electrons. The molecule has 2 rings (SSSR count). The van der Waals surface area contributed by atoms with E-state index in [2.05, 4.69) is 5.32 Å². The number of primary amides is 1. The van der Waals surface area contributed by atoms with Gasteiger partial charge in [-0.3, -0.25) is 4.79 Å². The van der Waals surface area contributed by atoms with Crippen LogP contribution in [0.5, 0.6) is 5.75 Å². The zero-order valence-corrected chi connectivity index (χ0v) is 12.9. The molecule has 0 aliphatic carbocycles. The zero-order valence-electron chi connectivity index (χ0n) is 12.9. The summed E-state index contributed by atoms with van der Waals surface area (Å²) in [4.78, 5) is 24.4. The summed E-state index contributed by atoms with van der Waals surface area (Å²) in [6.07, 6.45) is 1.99. The number of amides is 3. The minimum absolute atomic E-state index is 0.0409. The Morgan fingerprint density at radius 2 is 2.27 bits per heavy atom. The molecular formula is C16H23N3O3. The summed E-state index contributed by atoms with van der Waals surface area (Å²) in [5.74, 6) is 1.07.